The van der Waals surface area contributed by atoms with Crippen LogP contribution in [0.1, 0.15) is 10.4 Å². The average molecular weight is 488 g/mol. The topological polar surface area (TPSA) is 52.7 Å². The fraction of sp³-hybridized carbons (Fsp3) is 0.167. The highest BCUT2D eigenvalue weighted by molar-refractivity contribution is 7.09. The van der Waals surface area contributed by atoms with Crippen molar-refractivity contribution in [2.24, 2.45) is 0 Å². The van der Waals surface area contributed by atoms with E-state index in [2.05, 4.69) is 11.9 Å². The number of benzene rings is 2. The molecule has 3 aromatic rings. The first-order chi connectivity index (χ1) is 15.5. The second-order valence-electron chi connectivity index (χ2n) is 7.04. The van der Waals surface area contributed by atoms with Crippen molar-refractivity contribution in [3.8, 4) is 0 Å². The fourth-order valence-electron chi connectivity index (χ4n) is 3.04. The standard InChI is InChI=1S/C24H23Cl2N3O2S/c1-2-12-28(24(31)27-19-10-11-21(25)22(26)14-19)17-23(30)29(16-20-9-6-13-32-20)15-18-7-4-3-5-8-18/h2-11,13-14H,1,12,15-17H2,(H,27,31). The Bertz CT molecular complexity index is 1060. The first-order valence-electron chi connectivity index (χ1n) is 9.92. The summed E-state index contributed by atoms with van der Waals surface area (Å²) in [6.45, 7) is 4.77. The van der Waals surface area contributed by atoms with Crippen LogP contribution in [0.15, 0.2) is 78.7 Å². The highest BCUT2D eigenvalue weighted by Gasteiger charge is 2.22. The zero-order valence-electron chi connectivity index (χ0n) is 17.3. The third kappa shape index (κ3) is 6.85. The number of halogens is 2. The van der Waals surface area contributed by atoms with Gasteiger partial charge in [-0.25, -0.2) is 4.79 Å². The molecule has 1 aromatic heterocycles. The number of anilines is 1. The van der Waals surface area contributed by atoms with Crippen LogP contribution >= 0.6 is 34.5 Å². The Labute approximate surface area is 201 Å². The summed E-state index contributed by atoms with van der Waals surface area (Å²) in [4.78, 5) is 30.3. The summed E-state index contributed by atoms with van der Waals surface area (Å²) in [6, 6.07) is 18.1. The number of amides is 3. The number of rotatable bonds is 9. The van der Waals surface area contributed by atoms with E-state index in [9.17, 15) is 9.59 Å². The van der Waals surface area contributed by atoms with Crippen molar-refractivity contribution in [2.45, 2.75) is 13.1 Å². The maximum absolute atomic E-state index is 13.3. The Balaban J connectivity index is 1.73. The summed E-state index contributed by atoms with van der Waals surface area (Å²) in [7, 11) is 0. The summed E-state index contributed by atoms with van der Waals surface area (Å²) in [5.74, 6) is -0.159. The van der Waals surface area contributed by atoms with E-state index in [4.69, 9.17) is 23.2 Å². The van der Waals surface area contributed by atoms with Crippen molar-refractivity contribution in [1.29, 1.82) is 0 Å². The lowest BCUT2D eigenvalue weighted by Gasteiger charge is -2.27. The highest BCUT2D eigenvalue weighted by atomic mass is 35.5. The van der Waals surface area contributed by atoms with Gasteiger partial charge in [0.15, 0.2) is 0 Å². The molecule has 5 nitrogen and oxygen atoms in total. The van der Waals surface area contributed by atoms with Crippen LogP contribution in [0.5, 0.6) is 0 Å². The molecule has 1 N–H and O–H groups in total. The quantitative estimate of drug-likeness (QED) is 0.359. The number of nitrogens with zero attached hydrogens (tertiary/aromatic N) is 2. The Morgan fingerprint density at radius 2 is 1.75 bits per heavy atom. The number of hydrogen-bond acceptors (Lipinski definition) is 3. The van der Waals surface area contributed by atoms with E-state index >= 15 is 0 Å². The molecule has 0 atom stereocenters. The Morgan fingerprint density at radius 3 is 2.41 bits per heavy atom. The minimum atomic E-state index is -0.424. The predicted molar refractivity (Wildman–Crippen MR) is 132 cm³/mol. The lowest BCUT2D eigenvalue weighted by molar-refractivity contribution is -0.132. The zero-order valence-corrected chi connectivity index (χ0v) is 19.7. The molecule has 1 heterocycles. The largest absolute Gasteiger partial charge is 0.332 e. The van der Waals surface area contributed by atoms with Crippen LogP contribution in [-0.4, -0.2) is 34.8 Å². The molecule has 0 saturated heterocycles. The van der Waals surface area contributed by atoms with Gasteiger partial charge < -0.3 is 15.1 Å². The minimum absolute atomic E-state index is 0.0859. The van der Waals surface area contributed by atoms with Crippen molar-refractivity contribution in [1.82, 2.24) is 9.80 Å². The van der Waals surface area contributed by atoms with Crippen molar-refractivity contribution in [3.05, 3.63) is 99.2 Å². The molecule has 0 saturated carbocycles. The Kier molecular flexibility index (Phi) is 8.73. The van der Waals surface area contributed by atoms with Gasteiger partial charge in [0.05, 0.1) is 16.6 Å². The van der Waals surface area contributed by atoms with Gasteiger partial charge in [0.2, 0.25) is 5.91 Å². The molecule has 32 heavy (non-hydrogen) atoms. The highest BCUT2D eigenvalue weighted by Crippen LogP contribution is 2.25. The fourth-order valence-corrected chi connectivity index (χ4v) is 4.06. The minimum Gasteiger partial charge on any atom is -0.332 e. The lowest BCUT2D eigenvalue weighted by atomic mass is 10.2. The summed E-state index contributed by atoms with van der Waals surface area (Å²) in [5, 5.41) is 5.47. The zero-order chi connectivity index (χ0) is 22.9. The summed E-state index contributed by atoms with van der Waals surface area (Å²) < 4.78 is 0. The van der Waals surface area contributed by atoms with Gasteiger partial charge in [-0.2, -0.15) is 0 Å². The molecule has 3 amide bonds. The molecule has 0 aliphatic carbocycles. The number of urea groups is 1. The Morgan fingerprint density at radius 1 is 0.969 bits per heavy atom. The third-order valence-corrected chi connectivity index (χ3v) is 6.23. The van der Waals surface area contributed by atoms with E-state index in [1.54, 1.807) is 40.5 Å². The molecule has 0 bridgehead atoms. The van der Waals surface area contributed by atoms with Crippen molar-refractivity contribution in [2.75, 3.05) is 18.4 Å². The van der Waals surface area contributed by atoms with E-state index < -0.39 is 6.03 Å². The number of carbonyl (C=O) groups excluding carboxylic acids is 2. The smallest absolute Gasteiger partial charge is 0.322 e. The van der Waals surface area contributed by atoms with Gasteiger partial charge in [-0.1, -0.05) is 65.7 Å². The van der Waals surface area contributed by atoms with Crippen LogP contribution in [0, 0.1) is 0 Å². The van der Waals surface area contributed by atoms with E-state index in [0.29, 0.717) is 28.8 Å². The van der Waals surface area contributed by atoms with Gasteiger partial charge in [0.1, 0.15) is 6.54 Å². The molecule has 0 fully saturated rings. The predicted octanol–water partition coefficient (Wildman–Crippen LogP) is 6.30. The van der Waals surface area contributed by atoms with E-state index in [1.807, 2.05) is 47.8 Å². The lowest BCUT2D eigenvalue weighted by Crippen LogP contribution is -2.44. The Hall–Kier alpha value is -2.80. The number of nitrogens with one attached hydrogen (secondary N) is 1. The first kappa shape index (κ1) is 23.9. The summed E-state index contributed by atoms with van der Waals surface area (Å²) in [6.07, 6.45) is 1.59. The average Bonchev–Trinajstić information content (AvgIpc) is 3.29. The first-order valence-corrected chi connectivity index (χ1v) is 11.6. The number of thiophene rings is 1. The molecule has 0 aliphatic rings. The number of carbonyl (C=O) groups is 2. The number of hydrogen-bond donors (Lipinski definition) is 1. The van der Waals surface area contributed by atoms with Crippen molar-refractivity contribution >= 4 is 52.2 Å². The molecule has 0 radical (unpaired) electrons. The second kappa shape index (κ2) is 11.7. The van der Waals surface area contributed by atoms with Gasteiger partial charge in [-0.05, 0) is 35.2 Å². The van der Waals surface area contributed by atoms with Crippen molar-refractivity contribution < 1.29 is 9.59 Å². The molecule has 166 valence electrons. The second-order valence-corrected chi connectivity index (χ2v) is 8.89. The molecule has 8 heteroatoms. The van der Waals surface area contributed by atoms with Crippen LogP contribution in [0.2, 0.25) is 10.0 Å². The molecule has 0 unspecified atom stereocenters. The third-order valence-electron chi connectivity index (χ3n) is 4.63. The maximum Gasteiger partial charge on any atom is 0.322 e. The maximum atomic E-state index is 13.3. The van der Waals surface area contributed by atoms with E-state index in [1.165, 1.54) is 4.90 Å². The van der Waals surface area contributed by atoms with Crippen LogP contribution in [0.25, 0.3) is 0 Å². The van der Waals surface area contributed by atoms with E-state index in [0.717, 1.165) is 10.4 Å². The SMILES string of the molecule is C=CCN(CC(=O)N(Cc1ccccc1)Cc1cccs1)C(=O)Nc1ccc(Cl)c(Cl)c1. The molecule has 3 rings (SSSR count). The molecular weight excluding hydrogens is 465 g/mol. The van der Waals surface area contributed by atoms with Crippen LogP contribution in [0.4, 0.5) is 10.5 Å². The molecule has 2 aromatic carbocycles. The monoisotopic (exact) mass is 487 g/mol. The van der Waals surface area contributed by atoms with Gasteiger partial charge in [-0.15, -0.1) is 17.9 Å². The molecule has 0 spiro atoms. The van der Waals surface area contributed by atoms with E-state index in [-0.39, 0.29) is 19.0 Å². The van der Waals surface area contributed by atoms with Gasteiger partial charge >= 0.3 is 6.03 Å². The molecule has 0 aliphatic heterocycles. The molecular formula is C24H23Cl2N3O2S. The van der Waals surface area contributed by atoms with Gasteiger partial charge in [0.25, 0.3) is 0 Å². The van der Waals surface area contributed by atoms with Gasteiger partial charge in [-0.3, -0.25) is 4.79 Å². The van der Waals surface area contributed by atoms with Gasteiger partial charge in [0, 0.05) is 23.7 Å². The van der Waals surface area contributed by atoms with Crippen molar-refractivity contribution in [3.63, 3.8) is 0 Å². The summed E-state index contributed by atoms with van der Waals surface area (Å²) in [5.41, 5.74) is 1.51. The normalized spacial score (nSPS) is 10.4. The summed E-state index contributed by atoms with van der Waals surface area (Å²) >= 11 is 13.6. The van der Waals surface area contributed by atoms with Crippen LogP contribution < -0.4 is 5.32 Å². The van der Waals surface area contributed by atoms with Crippen LogP contribution in [0.3, 0.4) is 0 Å². The van der Waals surface area contributed by atoms with Crippen LogP contribution in [-0.2, 0) is 17.9 Å².